The number of nitriles is 1. The van der Waals surface area contributed by atoms with E-state index in [9.17, 15) is 8.42 Å². The monoisotopic (exact) mass is 340 g/mol. The molecular formula is C17H16N4O2S. The number of imidazole rings is 1. The number of nitrogens with zero attached hydrogens (tertiary/aromatic N) is 3. The van der Waals surface area contributed by atoms with Gasteiger partial charge in [-0.3, -0.25) is 0 Å². The van der Waals surface area contributed by atoms with Crippen LogP contribution in [0.4, 0.5) is 0 Å². The molecule has 0 atom stereocenters. The zero-order chi connectivity index (χ0) is 17.2. The summed E-state index contributed by atoms with van der Waals surface area (Å²) in [7, 11) is -2.15. The van der Waals surface area contributed by atoms with Crippen LogP contribution in [0.3, 0.4) is 0 Å². The highest BCUT2D eigenvalue weighted by atomic mass is 32.2. The fraction of sp³-hybridized carbons (Fsp3) is 0.176. The Labute approximate surface area is 140 Å². The van der Waals surface area contributed by atoms with Crippen LogP contribution >= 0.6 is 0 Å². The fourth-order valence-electron chi connectivity index (χ4n) is 2.39. The van der Waals surface area contributed by atoms with E-state index < -0.39 is 10.0 Å². The van der Waals surface area contributed by atoms with Crippen LogP contribution < -0.4 is 0 Å². The van der Waals surface area contributed by atoms with Gasteiger partial charge in [-0.15, -0.1) is 0 Å². The molecule has 0 bridgehead atoms. The largest absolute Gasteiger partial charge is 0.338 e. The molecule has 0 amide bonds. The Morgan fingerprint density at radius 1 is 1.21 bits per heavy atom. The number of hydrogen-bond donors (Lipinski definition) is 1. The maximum Gasteiger partial charge on any atom is 0.242 e. The first kappa shape index (κ1) is 16.2. The van der Waals surface area contributed by atoms with Crippen LogP contribution in [0.25, 0.3) is 22.4 Å². The highest BCUT2D eigenvalue weighted by Gasteiger charge is 2.21. The number of aromatic amines is 1. The van der Waals surface area contributed by atoms with Crippen molar-refractivity contribution >= 4 is 21.1 Å². The summed E-state index contributed by atoms with van der Waals surface area (Å²) in [5, 5.41) is 8.62. The van der Waals surface area contributed by atoms with E-state index in [-0.39, 0.29) is 17.9 Å². The molecule has 7 heteroatoms. The molecular weight excluding hydrogens is 324 g/mol. The molecule has 0 saturated heterocycles. The summed E-state index contributed by atoms with van der Waals surface area (Å²) in [6.45, 7) is 0.162. The van der Waals surface area contributed by atoms with E-state index in [0.29, 0.717) is 16.9 Å². The Morgan fingerprint density at radius 3 is 2.67 bits per heavy atom. The first-order chi connectivity index (χ1) is 11.5. The smallest absolute Gasteiger partial charge is 0.242 e. The van der Waals surface area contributed by atoms with Crippen LogP contribution in [-0.2, 0) is 10.0 Å². The quantitative estimate of drug-likeness (QED) is 0.773. The number of hydrogen-bond acceptors (Lipinski definition) is 4. The summed E-state index contributed by atoms with van der Waals surface area (Å²) in [4.78, 5) is 7.83. The van der Waals surface area contributed by atoms with Crippen molar-refractivity contribution in [3.63, 3.8) is 0 Å². The van der Waals surface area contributed by atoms with Crippen LogP contribution in [0, 0.1) is 11.3 Å². The van der Waals surface area contributed by atoms with Crippen molar-refractivity contribution in [2.24, 2.45) is 0 Å². The molecule has 3 rings (SSSR count). The third-order valence-electron chi connectivity index (χ3n) is 3.75. The molecule has 122 valence electrons. The Bertz CT molecular complexity index is 1000. The van der Waals surface area contributed by atoms with Crippen molar-refractivity contribution in [2.45, 2.75) is 11.3 Å². The molecule has 1 aromatic heterocycles. The van der Waals surface area contributed by atoms with Gasteiger partial charge < -0.3 is 4.98 Å². The molecule has 0 saturated carbocycles. The van der Waals surface area contributed by atoms with E-state index in [1.54, 1.807) is 12.1 Å². The van der Waals surface area contributed by atoms with Gasteiger partial charge in [-0.05, 0) is 18.2 Å². The summed E-state index contributed by atoms with van der Waals surface area (Å²) < 4.78 is 26.3. The van der Waals surface area contributed by atoms with Gasteiger partial charge in [0.05, 0.1) is 22.0 Å². The van der Waals surface area contributed by atoms with Crippen molar-refractivity contribution in [3.8, 4) is 17.5 Å². The lowest BCUT2D eigenvalue weighted by Crippen LogP contribution is -2.27. The SMILES string of the molecule is CN(CCC#N)S(=O)(=O)c1ccc2nc(-c3ccccc3)[nH]c2c1. The second kappa shape index (κ2) is 6.43. The molecule has 0 aliphatic heterocycles. The maximum absolute atomic E-state index is 12.5. The fourth-order valence-corrected chi connectivity index (χ4v) is 3.59. The predicted molar refractivity (Wildman–Crippen MR) is 91.6 cm³/mol. The minimum absolute atomic E-state index is 0.153. The summed E-state index contributed by atoms with van der Waals surface area (Å²) >= 11 is 0. The first-order valence-corrected chi connectivity index (χ1v) is 8.85. The predicted octanol–water partition coefficient (Wildman–Crippen LogP) is 2.76. The zero-order valence-electron chi connectivity index (χ0n) is 13.1. The Kier molecular flexibility index (Phi) is 4.34. The van der Waals surface area contributed by atoms with Crippen molar-refractivity contribution < 1.29 is 8.42 Å². The minimum atomic E-state index is -3.62. The number of benzene rings is 2. The Balaban J connectivity index is 1.99. The Hall–Kier alpha value is -2.69. The third kappa shape index (κ3) is 3.02. The second-order valence-corrected chi connectivity index (χ2v) is 7.41. The number of nitrogens with one attached hydrogen (secondary N) is 1. The highest BCUT2D eigenvalue weighted by Crippen LogP contribution is 2.24. The summed E-state index contributed by atoms with van der Waals surface area (Å²) in [5.74, 6) is 0.693. The van der Waals surface area contributed by atoms with Crippen molar-refractivity contribution in [2.75, 3.05) is 13.6 Å². The Morgan fingerprint density at radius 2 is 1.96 bits per heavy atom. The van der Waals surface area contributed by atoms with Crippen molar-refractivity contribution in [1.29, 1.82) is 5.26 Å². The third-order valence-corrected chi connectivity index (χ3v) is 5.60. The molecule has 2 aromatic carbocycles. The van der Waals surface area contributed by atoms with Crippen LogP contribution in [0.2, 0.25) is 0 Å². The van der Waals surface area contributed by atoms with Gasteiger partial charge in [0.25, 0.3) is 0 Å². The normalized spacial score (nSPS) is 11.7. The lowest BCUT2D eigenvalue weighted by Gasteiger charge is -2.15. The molecule has 1 heterocycles. The van der Waals surface area contributed by atoms with E-state index in [1.165, 1.54) is 17.4 Å². The van der Waals surface area contributed by atoms with E-state index in [2.05, 4.69) is 9.97 Å². The lowest BCUT2D eigenvalue weighted by atomic mass is 10.2. The zero-order valence-corrected chi connectivity index (χ0v) is 13.9. The number of fused-ring (bicyclic) bond motifs is 1. The molecule has 0 spiro atoms. The average molecular weight is 340 g/mol. The standard InChI is InChI=1S/C17H16N4O2S/c1-21(11-5-10-18)24(22,23)14-8-9-15-16(12-14)20-17(19-15)13-6-3-2-4-7-13/h2-4,6-9,12H,5,11H2,1H3,(H,19,20). The average Bonchev–Trinajstić information content (AvgIpc) is 3.03. The van der Waals surface area contributed by atoms with Gasteiger partial charge >= 0.3 is 0 Å². The molecule has 1 N–H and O–H groups in total. The summed E-state index contributed by atoms with van der Waals surface area (Å²) in [6, 6.07) is 16.4. The molecule has 0 aliphatic carbocycles. The maximum atomic E-state index is 12.5. The molecule has 0 aliphatic rings. The van der Waals surface area contributed by atoms with Crippen molar-refractivity contribution in [1.82, 2.24) is 14.3 Å². The number of sulfonamides is 1. The van der Waals surface area contributed by atoms with Gasteiger partial charge in [0.1, 0.15) is 5.82 Å². The van der Waals surface area contributed by atoms with Crippen LogP contribution in [0.15, 0.2) is 53.4 Å². The van der Waals surface area contributed by atoms with E-state index >= 15 is 0 Å². The van der Waals surface area contributed by atoms with Crippen LogP contribution in [-0.4, -0.2) is 36.3 Å². The molecule has 0 unspecified atom stereocenters. The number of H-pyrrole nitrogens is 1. The second-order valence-electron chi connectivity index (χ2n) is 5.37. The van der Waals surface area contributed by atoms with E-state index in [1.807, 2.05) is 36.4 Å². The molecule has 0 radical (unpaired) electrons. The lowest BCUT2D eigenvalue weighted by molar-refractivity contribution is 0.476. The van der Waals surface area contributed by atoms with Gasteiger partial charge in [0.15, 0.2) is 0 Å². The van der Waals surface area contributed by atoms with Crippen LogP contribution in [0.1, 0.15) is 6.42 Å². The van der Waals surface area contributed by atoms with Crippen molar-refractivity contribution in [3.05, 3.63) is 48.5 Å². The number of aromatic nitrogens is 2. The molecule has 3 aromatic rings. The van der Waals surface area contributed by atoms with Gasteiger partial charge in [-0.25, -0.2) is 13.4 Å². The molecule has 24 heavy (non-hydrogen) atoms. The minimum Gasteiger partial charge on any atom is -0.338 e. The van der Waals surface area contributed by atoms with Crippen LogP contribution in [0.5, 0.6) is 0 Å². The van der Waals surface area contributed by atoms with Gasteiger partial charge in [0, 0.05) is 25.6 Å². The molecule has 6 nitrogen and oxygen atoms in total. The number of rotatable bonds is 5. The van der Waals surface area contributed by atoms with Gasteiger partial charge in [-0.2, -0.15) is 9.57 Å². The van der Waals surface area contributed by atoms with Gasteiger partial charge in [0.2, 0.25) is 10.0 Å². The van der Waals surface area contributed by atoms with E-state index in [4.69, 9.17) is 5.26 Å². The first-order valence-electron chi connectivity index (χ1n) is 7.41. The molecule has 0 fully saturated rings. The van der Waals surface area contributed by atoms with E-state index in [0.717, 1.165) is 5.56 Å². The topological polar surface area (TPSA) is 89.8 Å². The summed E-state index contributed by atoms with van der Waals surface area (Å²) in [5.41, 5.74) is 2.29. The van der Waals surface area contributed by atoms with Gasteiger partial charge in [-0.1, -0.05) is 30.3 Å². The summed E-state index contributed by atoms with van der Waals surface area (Å²) in [6.07, 6.45) is 0.153. The highest BCUT2D eigenvalue weighted by molar-refractivity contribution is 7.89.